The van der Waals surface area contributed by atoms with Gasteiger partial charge in [0.05, 0.1) is 18.8 Å². The number of para-hydroxylation sites is 1. The van der Waals surface area contributed by atoms with E-state index in [2.05, 4.69) is 22.1 Å². The Balaban J connectivity index is 1.24. The first-order valence-electron chi connectivity index (χ1n) is 10.5. The average Bonchev–Trinajstić information content (AvgIpc) is 3.40. The number of nitrogens with zero attached hydrogens (tertiary/aromatic N) is 2. The predicted octanol–water partition coefficient (Wildman–Crippen LogP) is 5.21. The average molecular weight is 392 g/mol. The van der Waals surface area contributed by atoms with E-state index >= 15 is 0 Å². The highest BCUT2D eigenvalue weighted by atomic mass is 16.5. The van der Waals surface area contributed by atoms with Crippen molar-refractivity contribution in [2.75, 3.05) is 25.0 Å². The van der Waals surface area contributed by atoms with Crippen LogP contribution in [0.25, 0.3) is 11.5 Å². The molecule has 1 fully saturated rings. The largest absolute Gasteiger partial charge is 0.494 e. The van der Waals surface area contributed by atoms with E-state index < -0.39 is 0 Å². The van der Waals surface area contributed by atoms with Crippen LogP contribution in [-0.4, -0.2) is 35.6 Å². The van der Waals surface area contributed by atoms with Gasteiger partial charge in [0.25, 0.3) is 0 Å². The van der Waals surface area contributed by atoms with Crippen molar-refractivity contribution >= 4 is 5.69 Å². The lowest BCUT2D eigenvalue weighted by atomic mass is 10.2. The molecule has 152 valence electrons. The van der Waals surface area contributed by atoms with Crippen LogP contribution in [0.3, 0.4) is 0 Å². The first-order valence-corrected chi connectivity index (χ1v) is 10.5. The molecule has 0 radical (unpaired) electrons. The summed E-state index contributed by atoms with van der Waals surface area (Å²) in [6.45, 7) is 6.05. The summed E-state index contributed by atoms with van der Waals surface area (Å²) in [5.74, 6) is 1.52. The fourth-order valence-electron chi connectivity index (χ4n) is 3.75. The third-order valence-corrected chi connectivity index (χ3v) is 5.45. The molecule has 1 aliphatic rings. The number of hydrogen-bond donors (Lipinski definition) is 1. The van der Waals surface area contributed by atoms with Crippen LogP contribution < -0.4 is 10.1 Å². The highest BCUT2D eigenvalue weighted by molar-refractivity contribution is 5.54. The van der Waals surface area contributed by atoms with Crippen molar-refractivity contribution in [3.8, 4) is 17.2 Å². The van der Waals surface area contributed by atoms with E-state index in [0.29, 0.717) is 12.4 Å². The lowest BCUT2D eigenvalue weighted by molar-refractivity contribution is 0.230. The smallest absolute Gasteiger partial charge is 0.226 e. The van der Waals surface area contributed by atoms with Crippen molar-refractivity contribution in [2.45, 2.75) is 38.8 Å². The Morgan fingerprint density at radius 1 is 1.14 bits per heavy atom. The standard InChI is InChI=1S/C24H29N3O2/c1-19-7-5-14-27(19)15-6-16-28-23-12-10-20(11-13-23)24-26-22(18-29-24)17-25-21-8-3-2-4-9-21/h2-4,8-13,18-19,25H,5-7,14-17H2,1H3. The van der Waals surface area contributed by atoms with Crippen LogP contribution in [0, 0.1) is 0 Å². The van der Waals surface area contributed by atoms with Crippen LogP contribution in [0.1, 0.15) is 31.9 Å². The third kappa shape index (κ3) is 5.39. The molecule has 5 heteroatoms. The van der Waals surface area contributed by atoms with Crippen LogP contribution in [0.2, 0.25) is 0 Å². The summed E-state index contributed by atoms with van der Waals surface area (Å²) < 4.78 is 11.5. The second-order valence-corrected chi connectivity index (χ2v) is 7.62. The van der Waals surface area contributed by atoms with Crippen molar-refractivity contribution in [1.82, 2.24) is 9.88 Å². The molecule has 1 N–H and O–H groups in total. The third-order valence-electron chi connectivity index (χ3n) is 5.45. The number of aromatic nitrogens is 1. The van der Waals surface area contributed by atoms with Gasteiger partial charge < -0.3 is 19.4 Å². The Bertz CT molecular complexity index is 877. The summed E-state index contributed by atoms with van der Waals surface area (Å²) in [6.07, 6.45) is 5.42. The Hall–Kier alpha value is -2.79. The Kier molecular flexibility index (Phi) is 6.47. The van der Waals surface area contributed by atoms with E-state index in [1.54, 1.807) is 6.26 Å². The Morgan fingerprint density at radius 3 is 2.72 bits per heavy atom. The lowest BCUT2D eigenvalue weighted by Gasteiger charge is -2.20. The Labute approximate surface area is 172 Å². The van der Waals surface area contributed by atoms with Crippen LogP contribution in [0.4, 0.5) is 5.69 Å². The van der Waals surface area contributed by atoms with Crippen LogP contribution in [-0.2, 0) is 6.54 Å². The van der Waals surface area contributed by atoms with Crippen LogP contribution >= 0.6 is 0 Å². The van der Waals surface area contributed by atoms with Crippen LogP contribution in [0.15, 0.2) is 65.3 Å². The molecule has 0 spiro atoms. The van der Waals surface area contributed by atoms with Gasteiger partial charge in [-0.05, 0) is 69.1 Å². The van der Waals surface area contributed by atoms with Gasteiger partial charge in [0, 0.05) is 23.8 Å². The predicted molar refractivity (Wildman–Crippen MR) is 116 cm³/mol. The summed E-state index contributed by atoms with van der Waals surface area (Å²) in [5, 5.41) is 3.34. The molecule has 2 heterocycles. The zero-order valence-corrected chi connectivity index (χ0v) is 17.0. The molecule has 1 atom stereocenters. The molecule has 1 aliphatic heterocycles. The van der Waals surface area contributed by atoms with E-state index in [4.69, 9.17) is 9.15 Å². The number of benzene rings is 2. The molecule has 4 rings (SSSR count). The maximum Gasteiger partial charge on any atom is 0.226 e. The number of likely N-dealkylation sites (tertiary alicyclic amines) is 1. The molecule has 1 unspecified atom stereocenters. The van der Waals surface area contributed by atoms with Gasteiger partial charge in [0.15, 0.2) is 0 Å². The molecule has 3 aromatic rings. The van der Waals surface area contributed by atoms with Gasteiger partial charge in [0.1, 0.15) is 12.0 Å². The lowest BCUT2D eigenvalue weighted by Crippen LogP contribution is -2.28. The van der Waals surface area contributed by atoms with Crippen molar-refractivity contribution in [1.29, 1.82) is 0 Å². The molecular weight excluding hydrogens is 362 g/mol. The van der Waals surface area contributed by atoms with Crippen molar-refractivity contribution < 1.29 is 9.15 Å². The molecule has 1 saturated heterocycles. The maximum atomic E-state index is 5.90. The molecule has 0 saturated carbocycles. The second kappa shape index (κ2) is 9.61. The number of hydrogen-bond acceptors (Lipinski definition) is 5. The highest BCUT2D eigenvalue weighted by Gasteiger charge is 2.19. The maximum absolute atomic E-state index is 5.90. The zero-order chi connectivity index (χ0) is 19.9. The minimum Gasteiger partial charge on any atom is -0.494 e. The Morgan fingerprint density at radius 2 is 1.97 bits per heavy atom. The topological polar surface area (TPSA) is 50.5 Å². The first kappa shape index (κ1) is 19.5. The van der Waals surface area contributed by atoms with Gasteiger partial charge in [-0.1, -0.05) is 18.2 Å². The van der Waals surface area contributed by atoms with Crippen molar-refractivity contribution in [2.24, 2.45) is 0 Å². The minimum atomic E-state index is 0.629. The number of anilines is 1. The van der Waals surface area contributed by atoms with Crippen molar-refractivity contribution in [3.63, 3.8) is 0 Å². The van der Waals surface area contributed by atoms with E-state index in [0.717, 1.165) is 48.3 Å². The second-order valence-electron chi connectivity index (χ2n) is 7.62. The van der Waals surface area contributed by atoms with Crippen LogP contribution in [0.5, 0.6) is 5.75 Å². The molecule has 1 aromatic heterocycles. The first-order chi connectivity index (χ1) is 14.3. The number of ether oxygens (including phenoxy) is 1. The fourth-order valence-corrected chi connectivity index (χ4v) is 3.75. The summed E-state index contributed by atoms with van der Waals surface area (Å²) in [5.41, 5.74) is 2.90. The number of nitrogens with one attached hydrogen (secondary N) is 1. The van der Waals surface area contributed by atoms with E-state index in [-0.39, 0.29) is 0 Å². The minimum absolute atomic E-state index is 0.629. The van der Waals surface area contributed by atoms with E-state index in [1.165, 1.54) is 19.4 Å². The zero-order valence-electron chi connectivity index (χ0n) is 17.0. The van der Waals surface area contributed by atoms with E-state index in [1.807, 2.05) is 54.6 Å². The normalized spacial score (nSPS) is 16.8. The van der Waals surface area contributed by atoms with Gasteiger partial charge in [0.2, 0.25) is 5.89 Å². The van der Waals surface area contributed by atoms with Gasteiger partial charge in [-0.2, -0.15) is 0 Å². The molecule has 0 aliphatic carbocycles. The molecule has 2 aromatic carbocycles. The van der Waals surface area contributed by atoms with Gasteiger partial charge in [-0.3, -0.25) is 0 Å². The summed E-state index contributed by atoms with van der Waals surface area (Å²) in [7, 11) is 0. The fraction of sp³-hybridized carbons (Fsp3) is 0.375. The SMILES string of the molecule is CC1CCCN1CCCOc1ccc(-c2nc(CNc3ccccc3)co2)cc1. The summed E-state index contributed by atoms with van der Waals surface area (Å²) in [6, 6.07) is 18.8. The van der Waals surface area contributed by atoms with Gasteiger partial charge in [-0.25, -0.2) is 4.98 Å². The quantitative estimate of drug-likeness (QED) is 0.508. The summed E-state index contributed by atoms with van der Waals surface area (Å²) in [4.78, 5) is 7.13. The van der Waals surface area contributed by atoms with Crippen molar-refractivity contribution in [3.05, 3.63) is 66.6 Å². The number of oxazole rings is 1. The number of rotatable bonds is 9. The highest BCUT2D eigenvalue weighted by Crippen LogP contribution is 2.23. The molecule has 0 amide bonds. The molecule has 0 bridgehead atoms. The van der Waals surface area contributed by atoms with Gasteiger partial charge >= 0.3 is 0 Å². The molecule has 5 nitrogen and oxygen atoms in total. The molecular formula is C24H29N3O2. The van der Waals surface area contributed by atoms with Gasteiger partial charge in [-0.15, -0.1) is 0 Å². The summed E-state index contributed by atoms with van der Waals surface area (Å²) >= 11 is 0. The molecule has 29 heavy (non-hydrogen) atoms. The van der Waals surface area contributed by atoms with E-state index in [9.17, 15) is 0 Å². The monoisotopic (exact) mass is 391 g/mol.